The minimum Gasteiger partial charge on any atom is -0.489 e. The van der Waals surface area contributed by atoms with Crippen LogP contribution in [-0.2, 0) is 13.2 Å². The molecule has 0 aliphatic carbocycles. The Morgan fingerprint density at radius 3 is 2.08 bits per heavy atom. The van der Waals surface area contributed by atoms with Gasteiger partial charge in [-0.05, 0) is 42.0 Å². The van der Waals surface area contributed by atoms with Gasteiger partial charge >= 0.3 is 0 Å². The minimum absolute atomic E-state index is 0.347. The molecule has 3 rings (SSSR count). The van der Waals surface area contributed by atoms with Crippen LogP contribution in [0.1, 0.15) is 11.1 Å². The fraction of sp³-hybridized carbons (Fsp3) is 0.100. The molecule has 0 radical (unpaired) electrons. The van der Waals surface area contributed by atoms with Gasteiger partial charge in [0.1, 0.15) is 12.4 Å². The predicted molar refractivity (Wildman–Crippen MR) is 101 cm³/mol. The summed E-state index contributed by atoms with van der Waals surface area (Å²) in [6, 6.07) is 23.5. The molecule has 0 atom stereocenters. The third-order valence-corrected chi connectivity index (χ3v) is 4.35. The zero-order valence-electron chi connectivity index (χ0n) is 13.0. The summed E-state index contributed by atoms with van der Waals surface area (Å²) in [5.41, 5.74) is 3.09. The molecule has 0 heterocycles. The summed E-state index contributed by atoms with van der Waals surface area (Å²) in [5.74, 6) is 0.787. The second-order valence-electron chi connectivity index (χ2n) is 5.35. The van der Waals surface area contributed by atoms with Gasteiger partial charge in [0.05, 0.1) is 0 Å². The maximum absolute atomic E-state index is 6.15. The molecule has 0 unspecified atom stereocenters. The van der Waals surface area contributed by atoms with Crippen LogP contribution in [0, 0.1) is 0 Å². The highest BCUT2D eigenvalue weighted by atomic mass is 35.5. The lowest BCUT2D eigenvalue weighted by Crippen LogP contribution is -2.00. The number of ether oxygens (including phenoxy) is 1. The molecule has 0 amide bonds. The summed E-state index contributed by atoms with van der Waals surface area (Å²) >= 11 is 12.3. The Bertz CT molecular complexity index is 768. The summed E-state index contributed by atoms with van der Waals surface area (Å²) in [6.07, 6.45) is 0. The van der Waals surface area contributed by atoms with Crippen LogP contribution in [0.3, 0.4) is 0 Å². The van der Waals surface area contributed by atoms with Crippen molar-refractivity contribution in [1.29, 1.82) is 0 Å². The van der Waals surface area contributed by atoms with Gasteiger partial charge in [-0.25, -0.2) is 0 Å². The van der Waals surface area contributed by atoms with Crippen LogP contribution >= 0.6 is 23.2 Å². The summed E-state index contributed by atoms with van der Waals surface area (Å²) in [4.78, 5) is 0. The van der Waals surface area contributed by atoms with E-state index in [2.05, 4.69) is 5.32 Å². The topological polar surface area (TPSA) is 21.3 Å². The van der Waals surface area contributed by atoms with Crippen LogP contribution < -0.4 is 10.1 Å². The quantitative estimate of drug-likeness (QED) is 0.568. The van der Waals surface area contributed by atoms with Crippen LogP contribution in [0.4, 0.5) is 5.69 Å². The van der Waals surface area contributed by atoms with E-state index in [-0.39, 0.29) is 0 Å². The number of benzene rings is 3. The lowest BCUT2D eigenvalue weighted by molar-refractivity contribution is 0.306. The third-order valence-electron chi connectivity index (χ3n) is 3.64. The SMILES string of the molecule is Clc1cccc(Cl)c1COc1ccc(CNc2ccccc2)cc1. The maximum Gasteiger partial charge on any atom is 0.119 e. The molecular weight excluding hydrogens is 341 g/mol. The molecule has 0 fully saturated rings. The fourth-order valence-electron chi connectivity index (χ4n) is 2.29. The fourth-order valence-corrected chi connectivity index (χ4v) is 2.80. The Morgan fingerprint density at radius 2 is 1.42 bits per heavy atom. The monoisotopic (exact) mass is 357 g/mol. The minimum atomic E-state index is 0.347. The van der Waals surface area contributed by atoms with Crippen molar-refractivity contribution in [3.8, 4) is 5.75 Å². The van der Waals surface area contributed by atoms with Gasteiger partial charge < -0.3 is 10.1 Å². The highest BCUT2D eigenvalue weighted by Crippen LogP contribution is 2.26. The molecule has 122 valence electrons. The van der Waals surface area contributed by atoms with Gasteiger partial charge in [0.2, 0.25) is 0 Å². The lowest BCUT2D eigenvalue weighted by Gasteiger charge is -2.10. The van der Waals surface area contributed by atoms with Crippen molar-refractivity contribution in [2.24, 2.45) is 0 Å². The van der Waals surface area contributed by atoms with Crippen LogP contribution in [0.25, 0.3) is 0 Å². The van der Waals surface area contributed by atoms with Gasteiger partial charge in [-0.1, -0.05) is 59.6 Å². The Kier molecular flexibility index (Phi) is 5.63. The van der Waals surface area contributed by atoms with Crippen molar-refractivity contribution in [2.75, 3.05) is 5.32 Å². The van der Waals surface area contributed by atoms with E-state index in [0.717, 1.165) is 23.5 Å². The van der Waals surface area contributed by atoms with Crippen LogP contribution in [0.2, 0.25) is 10.0 Å². The largest absolute Gasteiger partial charge is 0.489 e. The van der Waals surface area contributed by atoms with E-state index in [4.69, 9.17) is 27.9 Å². The molecule has 0 saturated carbocycles. The smallest absolute Gasteiger partial charge is 0.119 e. The number of nitrogens with one attached hydrogen (secondary N) is 1. The van der Waals surface area contributed by atoms with Gasteiger partial charge in [-0.15, -0.1) is 0 Å². The molecule has 0 aliphatic heterocycles. The maximum atomic E-state index is 6.15. The number of anilines is 1. The first-order chi connectivity index (χ1) is 11.7. The van der Waals surface area contributed by atoms with Crippen molar-refractivity contribution in [3.63, 3.8) is 0 Å². The third kappa shape index (κ3) is 4.44. The normalized spacial score (nSPS) is 10.4. The molecule has 3 aromatic rings. The van der Waals surface area contributed by atoms with Gasteiger partial charge in [-0.3, -0.25) is 0 Å². The molecule has 0 bridgehead atoms. The molecule has 4 heteroatoms. The molecule has 1 N–H and O–H groups in total. The molecule has 0 saturated heterocycles. The second kappa shape index (κ2) is 8.09. The zero-order valence-corrected chi connectivity index (χ0v) is 14.5. The molecule has 0 spiro atoms. The molecular formula is C20H17Cl2NO. The summed E-state index contributed by atoms with van der Waals surface area (Å²) in [6.45, 7) is 1.11. The Morgan fingerprint density at radius 1 is 0.750 bits per heavy atom. The first kappa shape index (κ1) is 16.7. The van der Waals surface area contributed by atoms with Gasteiger partial charge in [0, 0.05) is 27.8 Å². The second-order valence-corrected chi connectivity index (χ2v) is 6.17. The van der Waals surface area contributed by atoms with E-state index >= 15 is 0 Å². The molecule has 2 nitrogen and oxygen atoms in total. The van der Waals surface area contributed by atoms with Crippen molar-refractivity contribution in [2.45, 2.75) is 13.2 Å². The van der Waals surface area contributed by atoms with E-state index in [1.165, 1.54) is 5.56 Å². The zero-order chi connectivity index (χ0) is 16.8. The van der Waals surface area contributed by atoms with E-state index < -0.39 is 0 Å². The van der Waals surface area contributed by atoms with E-state index in [1.54, 1.807) is 0 Å². The van der Waals surface area contributed by atoms with E-state index in [1.807, 2.05) is 72.8 Å². The standard InChI is InChI=1S/C20H17Cl2NO/c21-19-7-4-8-20(22)18(19)14-24-17-11-9-15(10-12-17)13-23-16-5-2-1-3-6-16/h1-12,23H,13-14H2. The van der Waals surface area contributed by atoms with Gasteiger partial charge in [-0.2, -0.15) is 0 Å². The van der Waals surface area contributed by atoms with Gasteiger partial charge in [0.25, 0.3) is 0 Å². The number of para-hydroxylation sites is 1. The lowest BCUT2D eigenvalue weighted by atomic mass is 10.2. The molecule has 3 aromatic carbocycles. The average Bonchev–Trinajstić information content (AvgIpc) is 2.61. The molecule has 0 aromatic heterocycles. The van der Waals surface area contributed by atoms with Crippen molar-refractivity contribution in [1.82, 2.24) is 0 Å². The van der Waals surface area contributed by atoms with Crippen molar-refractivity contribution in [3.05, 3.63) is 94.0 Å². The first-order valence-electron chi connectivity index (χ1n) is 7.66. The first-order valence-corrected chi connectivity index (χ1v) is 8.41. The number of halogens is 2. The van der Waals surface area contributed by atoms with Crippen LogP contribution in [-0.4, -0.2) is 0 Å². The molecule has 24 heavy (non-hydrogen) atoms. The van der Waals surface area contributed by atoms with Crippen LogP contribution in [0.5, 0.6) is 5.75 Å². The van der Waals surface area contributed by atoms with Crippen LogP contribution in [0.15, 0.2) is 72.8 Å². The van der Waals surface area contributed by atoms with Crippen molar-refractivity contribution >= 4 is 28.9 Å². The van der Waals surface area contributed by atoms with Gasteiger partial charge in [0.15, 0.2) is 0 Å². The predicted octanol–water partition coefficient (Wildman–Crippen LogP) is 6.18. The van der Waals surface area contributed by atoms with E-state index in [0.29, 0.717) is 16.7 Å². The van der Waals surface area contributed by atoms with Crippen molar-refractivity contribution < 1.29 is 4.74 Å². The number of rotatable bonds is 6. The summed E-state index contributed by atoms with van der Waals surface area (Å²) < 4.78 is 5.78. The Labute approximate surface area is 152 Å². The summed E-state index contributed by atoms with van der Waals surface area (Å²) in [7, 11) is 0. The Hall–Kier alpha value is -2.16. The summed E-state index contributed by atoms with van der Waals surface area (Å²) in [5, 5.41) is 4.61. The highest BCUT2D eigenvalue weighted by Gasteiger charge is 2.06. The Balaban J connectivity index is 1.57. The highest BCUT2D eigenvalue weighted by molar-refractivity contribution is 6.35. The molecule has 0 aliphatic rings. The number of hydrogen-bond acceptors (Lipinski definition) is 2. The average molecular weight is 358 g/mol. The number of hydrogen-bond donors (Lipinski definition) is 1. The van der Waals surface area contributed by atoms with E-state index in [9.17, 15) is 0 Å².